The summed E-state index contributed by atoms with van der Waals surface area (Å²) in [5, 5.41) is 0. The predicted octanol–water partition coefficient (Wildman–Crippen LogP) is 4.11. The van der Waals surface area contributed by atoms with Gasteiger partial charge in [0, 0.05) is 44.6 Å². The van der Waals surface area contributed by atoms with Crippen molar-refractivity contribution in [3.63, 3.8) is 0 Å². The molecule has 0 bridgehead atoms. The van der Waals surface area contributed by atoms with E-state index in [4.69, 9.17) is 9.73 Å². The highest BCUT2D eigenvalue weighted by Gasteiger charge is 2.65. The first-order valence-corrected chi connectivity index (χ1v) is 14.7. The van der Waals surface area contributed by atoms with Gasteiger partial charge >= 0.3 is 0 Å². The Balaban J connectivity index is 0.00000141. The normalized spacial score (nSPS) is 29.1. The molecule has 1 fully saturated rings. The van der Waals surface area contributed by atoms with Crippen molar-refractivity contribution in [1.29, 1.82) is 0 Å². The monoisotopic (exact) mass is 465 g/mol. The Labute approximate surface area is 195 Å². The molecule has 3 unspecified atom stereocenters. The van der Waals surface area contributed by atoms with Crippen molar-refractivity contribution in [2.24, 2.45) is 22.2 Å². The van der Waals surface area contributed by atoms with Gasteiger partial charge in [0.1, 0.15) is 22.3 Å². The largest absolute Gasteiger partial charge is 0.476 e. The zero-order valence-corrected chi connectivity index (χ0v) is 21.6. The summed E-state index contributed by atoms with van der Waals surface area (Å²) < 4.78 is 29.8. The third-order valence-corrected chi connectivity index (χ3v) is 8.31. The van der Waals surface area contributed by atoms with Crippen LogP contribution in [0.3, 0.4) is 0 Å². The fraction of sp³-hybridized carbons (Fsp3) is 0.800. The molecule has 3 atom stereocenters. The van der Waals surface area contributed by atoms with Crippen LogP contribution in [0.2, 0.25) is 0 Å². The van der Waals surface area contributed by atoms with Crippen molar-refractivity contribution in [3.8, 4) is 0 Å². The first-order valence-electron chi connectivity index (χ1n) is 12.6. The molecule has 0 saturated heterocycles. The molecular formula is C25H43N3O3S. The Morgan fingerprint density at radius 1 is 1.28 bits per heavy atom. The molecule has 0 radical (unpaired) electrons. The van der Waals surface area contributed by atoms with E-state index in [0.29, 0.717) is 25.1 Å². The van der Waals surface area contributed by atoms with E-state index < -0.39 is 9.84 Å². The van der Waals surface area contributed by atoms with Crippen LogP contribution in [0.5, 0.6) is 0 Å². The van der Waals surface area contributed by atoms with E-state index in [-0.39, 0.29) is 11.2 Å². The maximum absolute atomic E-state index is 11.7. The molecule has 7 heteroatoms. The first-order chi connectivity index (χ1) is 15.4. The molecule has 2 heterocycles. The van der Waals surface area contributed by atoms with E-state index in [1.54, 1.807) is 0 Å². The van der Waals surface area contributed by atoms with Crippen LogP contribution in [0.4, 0.5) is 0 Å². The predicted molar refractivity (Wildman–Crippen MR) is 132 cm³/mol. The van der Waals surface area contributed by atoms with Gasteiger partial charge in [-0.3, -0.25) is 9.89 Å². The third kappa shape index (κ3) is 5.48. The van der Waals surface area contributed by atoms with Gasteiger partial charge in [0.2, 0.25) is 0 Å². The zero-order chi connectivity index (χ0) is 23.4. The van der Waals surface area contributed by atoms with Crippen LogP contribution in [-0.4, -0.2) is 75.4 Å². The van der Waals surface area contributed by atoms with Crippen molar-refractivity contribution < 1.29 is 13.2 Å². The summed E-state index contributed by atoms with van der Waals surface area (Å²) in [6.45, 7) is 13.6. The Morgan fingerprint density at radius 3 is 2.75 bits per heavy atom. The third-order valence-electron chi connectivity index (χ3n) is 7.38. The molecule has 0 N–H and O–H groups in total. The Bertz CT molecular complexity index is 848. The number of rotatable bonds is 9. The maximum Gasteiger partial charge on any atom is 0.148 e. The number of hydrogen-bond acceptors (Lipinski definition) is 6. The van der Waals surface area contributed by atoms with Gasteiger partial charge in [0.05, 0.1) is 11.5 Å². The van der Waals surface area contributed by atoms with E-state index in [1.807, 2.05) is 20.0 Å². The molecule has 1 saturated carbocycles. The Hall–Kier alpha value is -1.18. The lowest BCUT2D eigenvalue weighted by atomic mass is 9.73. The van der Waals surface area contributed by atoms with Crippen molar-refractivity contribution >= 4 is 15.5 Å². The number of hydrogen-bond donors (Lipinski definition) is 0. The fourth-order valence-corrected chi connectivity index (χ4v) is 6.22. The summed E-state index contributed by atoms with van der Waals surface area (Å²) in [5.74, 6) is 2.27. The van der Waals surface area contributed by atoms with Gasteiger partial charge in [-0.1, -0.05) is 40.2 Å². The average Bonchev–Trinajstić information content (AvgIpc) is 3.55. The van der Waals surface area contributed by atoms with Crippen LogP contribution in [0, 0.1) is 17.3 Å². The quantitative estimate of drug-likeness (QED) is 0.513. The molecule has 2 aliphatic heterocycles. The average molecular weight is 466 g/mol. The van der Waals surface area contributed by atoms with Crippen molar-refractivity contribution in [2.75, 3.05) is 51.5 Å². The van der Waals surface area contributed by atoms with Crippen LogP contribution < -0.4 is 0 Å². The first kappa shape index (κ1) is 25.4. The molecule has 0 spiro atoms. The number of sulfone groups is 1. The topological polar surface area (TPSA) is 62.2 Å². The second-order valence-corrected chi connectivity index (χ2v) is 11.8. The summed E-state index contributed by atoms with van der Waals surface area (Å²) in [5.41, 5.74) is 2.79. The molecule has 0 aromatic heterocycles. The van der Waals surface area contributed by atoms with Crippen molar-refractivity contribution in [2.45, 2.75) is 59.8 Å². The van der Waals surface area contributed by atoms with E-state index in [0.717, 1.165) is 50.5 Å². The van der Waals surface area contributed by atoms with Crippen LogP contribution in [0.25, 0.3) is 0 Å². The summed E-state index contributed by atoms with van der Waals surface area (Å²) in [6, 6.07) is 0. The van der Waals surface area contributed by atoms with Gasteiger partial charge in [0.25, 0.3) is 0 Å². The maximum atomic E-state index is 11.7. The summed E-state index contributed by atoms with van der Waals surface area (Å²) in [7, 11) is -2.95. The van der Waals surface area contributed by atoms with Gasteiger partial charge in [-0.05, 0) is 49.1 Å². The smallest absolute Gasteiger partial charge is 0.148 e. The van der Waals surface area contributed by atoms with Crippen LogP contribution >= 0.6 is 0 Å². The SMILES string of the molecule is CC.CCCCN1COC2=C(C1)C1CC1(CN(CC)CCS(C)(=O)=O)C1CCC=CN=C21. The standard InChI is InChI=1S/C23H37N3O3S.C2H6/c1-4-6-11-26-15-18-20-14-23(20,16-25(5-2)12-13-30(3,27)28)19-9-7-8-10-24-21(19)22(18)29-17-26;1-2/h8,10,19-20H,4-7,9,11-17H2,1-3H3;1-2H3. The molecular weight excluding hydrogens is 422 g/mol. The van der Waals surface area contributed by atoms with Gasteiger partial charge < -0.3 is 9.64 Å². The van der Waals surface area contributed by atoms with Crippen LogP contribution in [0.15, 0.2) is 28.6 Å². The lowest BCUT2D eigenvalue weighted by Crippen LogP contribution is -2.46. The molecule has 182 valence electrons. The summed E-state index contributed by atoms with van der Waals surface area (Å²) in [6.07, 6.45) is 11.2. The van der Waals surface area contributed by atoms with Gasteiger partial charge in [-0.25, -0.2) is 8.42 Å². The number of aliphatic imine (C=N–C) groups is 1. The highest BCUT2D eigenvalue weighted by molar-refractivity contribution is 7.90. The van der Waals surface area contributed by atoms with E-state index >= 15 is 0 Å². The molecule has 4 rings (SSSR count). The second-order valence-electron chi connectivity index (χ2n) is 9.55. The van der Waals surface area contributed by atoms with E-state index in [1.165, 1.54) is 31.1 Å². The molecule has 4 aliphatic rings. The summed E-state index contributed by atoms with van der Waals surface area (Å²) in [4.78, 5) is 9.66. The molecule has 6 nitrogen and oxygen atoms in total. The zero-order valence-electron chi connectivity index (χ0n) is 20.8. The minimum absolute atomic E-state index is 0.189. The Morgan fingerprint density at radius 2 is 2.06 bits per heavy atom. The van der Waals surface area contributed by atoms with Gasteiger partial charge in [0.15, 0.2) is 0 Å². The van der Waals surface area contributed by atoms with Crippen LogP contribution in [-0.2, 0) is 14.6 Å². The minimum Gasteiger partial charge on any atom is -0.476 e. The van der Waals surface area contributed by atoms with Gasteiger partial charge in [-0.15, -0.1) is 0 Å². The number of allylic oxidation sites excluding steroid dienone is 2. The highest BCUT2D eigenvalue weighted by Crippen LogP contribution is 2.67. The van der Waals surface area contributed by atoms with E-state index in [9.17, 15) is 8.42 Å². The summed E-state index contributed by atoms with van der Waals surface area (Å²) >= 11 is 0. The lowest BCUT2D eigenvalue weighted by Gasteiger charge is -2.41. The minimum atomic E-state index is -2.95. The Kier molecular flexibility index (Phi) is 8.61. The van der Waals surface area contributed by atoms with Gasteiger partial charge in [-0.2, -0.15) is 0 Å². The second kappa shape index (κ2) is 10.8. The number of ether oxygens (including phenoxy) is 1. The number of fused-ring (bicyclic) bond motifs is 5. The van der Waals surface area contributed by atoms with Crippen LogP contribution in [0.1, 0.15) is 59.8 Å². The molecule has 32 heavy (non-hydrogen) atoms. The highest BCUT2D eigenvalue weighted by atomic mass is 32.2. The van der Waals surface area contributed by atoms with E-state index in [2.05, 4.69) is 29.7 Å². The molecule has 0 amide bonds. The number of nitrogens with zero attached hydrogens (tertiary/aromatic N) is 3. The van der Waals surface area contributed by atoms with Crippen molar-refractivity contribution in [1.82, 2.24) is 9.80 Å². The number of unbranched alkanes of at least 4 members (excludes halogenated alkanes) is 1. The fourth-order valence-electron chi connectivity index (χ4n) is 5.63. The molecule has 0 aromatic rings. The molecule has 0 aromatic carbocycles. The molecule has 2 aliphatic carbocycles. The van der Waals surface area contributed by atoms with Crippen molar-refractivity contribution in [3.05, 3.63) is 23.6 Å². The lowest BCUT2D eigenvalue weighted by molar-refractivity contribution is 0.0550.